The molecule has 0 aliphatic heterocycles. The Morgan fingerprint density at radius 3 is 1.34 bits per heavy atom. The number of nitrogens with zero attached hydrogens (tertiary/aromatic N) is 9. The Morgan fingerprint density at radius 1 is 0.473 bits per heavy atom. The van der Waals surface area contributed by atoms with E-state index in [0.717, 1.165) is 145 Å². The smallest absolute Gasteiger partial charge is 0.253 e. The Morgan fingerprint density at radius 2 is 0.903 bits per heavy atom. The molecule has 0 aliphatic rings. The molecule has 5 aromatic carbocycles. The highest BCUT2D eigenvalue weighted by molar-refractivity contribution is 6.32. The number of benzene rings is 5. The first-order chi connectivity index (χ1) is 44.7. The number of halogens is 1. The second-order valence-corrected chi connectivity index (χ2v) is 25.1. The predicted molar refractivity (Wildman–Crippen MR) is 382 cm³/mol. The van der Waals surface area contributed by atoms with E-state index in [-0.39, 0.29) is 18.1 Å². The van der Waals surface area contributed by atoms with Crippen molar-refractivity contribution in [3.63, 3.8) is 0 Å². The highest BCUT2D eigenvalue weighted by atomic mass is 35.5. The van der Waals surface area contributed by atoms with E-state index in [1.165, 1.54) is 35.1 Å². The molecule has 9 rings (SSSR count). The number of hydrogen-bond acceptors (Lipinski definition) is 12. The first kappa shape index (κ1) is 74.0. The van der Waals surface area contributed by atoms with Crippen molar-refractivity contribution in [2.45, 2.75) is 147 Å². The maximum Gasteiger partial charge on any atom is 0.253 e. The minimum absolute atomic E-state index is 0.0403. The first-order valence-electron chi connectivity index (χ1n) is 33.0. The van der Waals surface area contributed by atoms with Crippen molar-refractivity contribution in [2.24, 2.45) is 0 Å². The normalized spacial score (nSPS) is 11.2. The summed E-state index contributed by atoms with van der Waals surface area (Å²) in [6.07, 6.45) is 13.7. The number of carbonyl (C=O) groups is 1. The minimum Gasteiger partial charge on any atom is -0.490 e. The van der Waals surface area contributed by atoms with Gasteiger partial charge in [-0.15, -0.1) is 0 Å². The van der Waals surface area contributed by atoms with Crippen LogP contribution in [0, 0.1) is 13.8 Å². The molecule has 0 spiro atoms. The topological polar surface area (TPSA) is 176 Å². The lowest BCUT2D eigenvalue weighted by Gasteiger charge is -2.18. The van der Waals surface area contributed by atoms with Crippen LogP contribution in [0.3, 0.4) is 0 Å². The molecule has 18 heteroatoms. The van der Waals surface area contributed by atoms with E-state index >= 15 is 0 Å². The van der Waals surface area contributed by atoms with Gasteiger partial charge in [-0.05, 0) is 219 Å². The number of H-pyrrole nitrogens is 4. The number of rotatable bonds is 29. The quantitative estimate of drug-likeness (QED) is 0.0350. The number of nitrogens with one attached hydrogen (secondary N) is 4. The van der Waals surface area contributed by atoms with Gasteiger partial charge in [-0.1, -0.05) is 76.0 Å². The van der Waals surface area contributed by atoms with Gasteiger partial charge in [0.25, 0.3) is 5.91 Å². The molecule has 93 heavy (non-hydrogen) atoms. The van der Waals surface area contributed by atoms with Crippen LogP contribution in [0.2, 0.25) is 5.02 Å². The molecule has 0 saturated carbocycles. The summed E-state index contributed by atoms with van der Waals surface area (Å²) in [6, 6.07) is 35.9. The Bertz CT molecular complexity index is 3590. The van der Waals surface area contributed by atoms with Crippen LogP contribution in [0.4, 0.5) is 0 Å². The van der Waals surface area contributed by atoms with Gasteiger partial charge in [-0.25, -0.2) is 0 Å². The zero-order chi connectivity index (χ0) is 67.4. The lowest BCUT2D eigenvalue weighted by Crippen LogP contribution is -2.26. The molecule has 9 aromatic rings. The van der Waals surface area contributed by atoms with Crippen molar-refractivity contribution in [2.75, 3.05) is 68.0 Å². The fraction of sp³-hybridized carbons (Fsp3) is 0.427. The highest BCUT2D eigenvalue weighted by Gasteiger charge is 2.18. The molecule has 0 bridgehead atoms. The SMILES string of the molecule is CCCCN(C)Cc1cn[nH]c1-c1ccc(OC(C)C)c(Cl)c1.CCCN(C)Cc1cn[nH]c1-c1cc(C)c(OC(C)C)c(C)c1.CCCN(C)Cc1cn[nH]c1-c1ccc(Oc2ccccc2)cc1.CCCN(C)Cc1cn[nH]c1-c1cccc(C(=O)N(C)CC)c1. The average molecular weight is 1290 g/mol. The van der Waals surface area contributed by atoms with Gasteiger partial charge in [0.05, 0.1) is 64.8 Å². The van der Waals surface area contributed by atoms with Gasteiger partial charge in [0.2, 0.25) is 0 Å². The zero-order valence-electron chi connectivity index (χ0n) is 58.3. The van der Waals surface area contributed by atoms with Crippen LogP contribution in [-0.2, 0) is 26.2 Å². The lowest BCUT2D eigenvalue weighted by atomic mass is 10.0. The van der Waals surface area contributed by atoms with Crippen molar-refractivity contribution in [3.8, 4) is 68.0 Å². The number of ether oxygens (including phenoxy) is 3. The average Bonchev–Trinajstić information content (AvgIpc) is 2.53. The lowest BCUT2D eigenvalue weighted by molar-refractivity contribution is 0.0802. The number of carbonyl (C=O) groups excluding carboxylic acids is 1. The van der Waals surface area contributed by atoms with Crippen LogP contribution >= 0.6 is 11.6 Å². The molecule has 0 aliphatic carbocycles. The summed E-state index contributed by atoms with van der Waals surface area (Å²) in [5, 5.41) is 30.0. The van der Waals surface area contributed by atoms with Crippen LogP contribution in [-0.4, -0.2) is 151 Å². The van der Waals surface area contributed by atoms with Crippen molar-refractivity contribution < 1.29 is 19.0 Å². The van der Waals surface area contributed by atoms with Crippen molar-refractivity contribution in [3.05, 3.63) is 178 Å². The van der Waals surface area contributed by atoms with Crippen molar-refractivity contribution >= 4 is 17.5 Å². The van der Waals surface area contributed by atoms with E-state index in [2.05, 4.69) is 168 Å². The largest absolute Gasteiger partial charge is 0.490 e. The third kappa shape index (κ3) is 23.2. The van der Waals surface area contributed by atoms with Gasteiger partial charge >= 0.3 is 0 Å². The van der Waals surface area contributed by atoms with Crippen LogP contribution in [0.1, 0.15) is 138 Å². The summed E-state index contributed by atoms with van der Waals surface area (Å²) in [4.78, 5) is 23.3. The number of unbranched alkanes of at least 4 members (excludes halogenated alkanes) is 1. The van der Waals surface area contributed by atoms with Gasteiger partial charge in [-0.3, -0.25) is 25.2 Å². The third-order valence-corrected chi connectivity index (χ3v) is 15.7. The van der Waals surface area contributed by atoms with Crippen LogP contribution in [0.5, 0.6) is 23.0 Å². The summed E-state index contributed by atoms with van der Waals surface area (Å²) in [7, 11) is 10.3. The van der Waals surface area contributed by atoms with E-state index in [1.54, 1.807) is 4.90 Å². The number of aryl methyl sites for hydroxylation is 2. The third-order valence-electron chi connectivity index (χ3n) is 15.4. The molecule has 0 radical (unpaired) electrons. The summed E-state index contributed by atoms with van der Waals surface area (Å²) in [5.74, 6) is 3.42. The van der Waals surface area contributed by atoms with Gasteiger partial charge in [-0.2, -0.15) is 20.4 Å². The second kappa shape index (κ2) is 38.2. The zero-order valence-corrected chi connectivity index (χ0v) is 59.0. The Balaban J connectivity index is 0.000000197. The molecule has 17 nitrogen and oxygen atoms in total. The van der Waals surface area contributed by atoms with Gasteiger partial charge in [0.1, 0.15) is 23.0 Å². The number of aromatic nitrogens is 8. The van der Waals surface area contributed by atoms with Crippen LogP contribution in [0.25, 0.3) is 45.0 Å². The number of aromatic amines is 4. The van der Waals surface area contributed by atoms with Gasteiger partial charge in [0, 0.05) is 89.8 Å². The Labute approximate surface area is 559 Å². The van der Waals surface area contributed by atoms with E-state index in [0.29, 0.717) is 22.9 Å². The van der Waals surface area contributed by atoms with E-state index in [9.17, 15) is 4.79 Å². The summed E-state index contributed by atoms with van der Waals surface area (Å²) < 4.78 is 17.5. The maximum atomic E-state index is 12.3. The fourth-order valence-corrected chi connectivity index (χ4v) is 11.0. The van der Waals surface area contributed by atoms with Crippen molar-refractivity contribution in [1.29, 1.82) is 0 Å². The predicted octanol–water partition coefficient (Wildman–Crippen LogP) is 16.8. The first-order valence-corrected chi connectivity index (χ1v) is 33.4. The molecule has 1 amide bonds. The molecule has 0 atom stereocenters. The standard InChI is InChI=1S/C20H23N3O.C19H29N3O.C18H26ClN3O.C18H26N4O/c1-3-13-23(2)15-17-14-21-22-20(17)16-9-11-19(12-10-16)24-18-7-5-4-6-8-18;1-7-8-22(6)12-17-11-20-21-18(17)16-9-14(4)19(15(5)10-16)23-13(2)3;1-5-6-9-22(4)12-15-11-20-21-18(15)14-7-8-17(16(19)10-14)23-13(2)3;1-5-10-21(3)13-16-12-19-20-17(16)14-8-7-9-15(11-14)18(23)22(4)6-2/h4-12,14H,3,13,15H2,1-2H3,(H,21,22);9-11,13H,7-8,12H2,1-6H3,(H,20,21);7-8,10-11,13H,5-6,9,12H2,1-4H3,(H,20,21);7-9,11-12H,5-6,10,13H2,1-4H3,(H,19,20). The summed E-state index contributed by atoms with van der Waals surface area (Å²) in [6.45, 7) is 31.5. The maximum absolute atomic E-state index is 12.3. The molecular formula is C75H104ClN13O4. The molecule has 0 fully saturated rings. The van der Waals surface area contributed by atoms with E-state index in [4.69, 9.17) is 25.8 Å². The van der Waals surface area contributed by atoms with E-state index in [1.807, 2.05) is 138 Å². The molecule has 4 N–H and O–H groups in total. The number of para-hydroxylation sites is 1. The van der Waals surface area contributed by atoms with Crippen molar-refractivity contribution in [1.82, 2.24) is 65.3 Å². The van der Waals surface area contributed by atoms with Crippen LogP contribution < -0.4 is 14.2 Å². The summed E-state index contributed by atoms with van der Waals surface area (Å²) >= 11 is 6.35. The van der Waals surface area contributed by atoms with Crippen LogP contribution in [0.15, 0.2) is 134 Å². The Kier molecular flexibility index (Phi) is 30.4. The molecule has 4 aromatic heterocycles. The molecule has 0 saturated heterocycles. The van der Waals surface area contributed by atoms with E-state index < -0.39 is 0 Å². The number of hydrogen-bond donors (Lipinski definition) is 4. The second-order valence-electron chi connectivity index (χ2n) is 24.6. The van der Waals surface area contributed by atoms with Gasteiger partial charge in [0.15, 0.2) is 0 Å². The summed E-state index contributed by atoms with van der Waals surface area (Å²) in [5.41, 5.74) is 16.3. The molecular weight excluding hydrogens is 1180 g/mol. The Hall–Kier alpha value is -8.06. The molecule has 500 valence electrons. The number of amides is 1. The highest BCUT2D eigenvalue weighted by Crippen LogP contribution is 2.34. The van der Waals surface area contributed by atoms with Gasteiger partial charge < -0.3 is 38.7 Å². The molecule has 4 heterocycles. The minimum atomic E-state index is 0.0403. The molecule has 0 unspecified atom stereocenters. The fourth-order valence-electron chi connectivity index (χ4n) is 10.8. The monoisotopic (exact) mass is 1290 g/mol.